The molecule has 0 radical (unpaired) electrons. The molecule has 0 aliphatic heterocycles. The molecule has 26 heavy (non-hydrogen) atoms. The minimum Gasteiger partial charge on any atom is -0.344 e. The Kier molecular flexibility index (Phi) is 5.24. The number of rotatable bonds is 5. The Balaban J connectivity index is 1.90. The van der Waals surface area contributed by atoms with Crippen molar-refractivity contribution in [3.05, 3.63) is 46.8 Å². The Labute approximate surface area is 155 Å². The third kappa shape index (κ3) is 3.55. The van der Waals surface area contributed by atoms with Crippen LogP contribution in [0.3, 0.4) is 0 Å². The largest absolute Gasteiger partial charge is 0.344 e. The van der Waals surface area contributed by atoms with Gasteiger partial charge in [0.2, 0.25) is 5.91 Å². The molecule has 0 saturated carbocycles. The molecule has 0 N–H and O–H groups in total. The predicted molar refractivity (Wildman–Crippen MR) is 103 cm³/mol. The fourth-order valence-corrected chi connectivity index (χ4v) is 3.56. The Hall–Kier alpha value is -2.85. The molecule has 3 aromatic rings. The van der Waals surface area contributed by atoms with Crippen molar-refractivity contribution in [1.29, 1.82) is 5.26 Å². The first-order valence-corrected chi connectivity index (χ1v) is 9.13. The Morgan fingerprint density at radius 1 is 1.31 bits per heavy atom. The van der Waals surface area contributed by atoms with Gasteiger partial charge < -0.3 is 4.90 Å². The lowest BCUT2D eigenvalue weighted by molar-refractivity contribution is -0.127. The van der Waals surface area contributed by atoms with Crippen molar-refractivity contribution in [1.82, 2.24) is 14.5 Å². The average Bonchev–Trinajstić information content (AvgIpc) is 2.66. The molecule has 3 rings (SSSR count). The molecule has 0 atom stereocenters. The number of aromatic nitrogens is 2. The summed E-state index contributed by atoms with van der Waals surface area (Å²) in [5, 5.41) is 11.7. The summed E-state index contributed by atoms with van der Waals surface area (Å²) in [6, 6.07) is 13.6. The van der Waals surface area contributed by atoms with Crippen molar-refractivity contribution >= 4 is 39.3 Å². The van der Waals surface area contributed by atoms with Crippen LogP contribution < -0.4 is 5.56 Å². The number of thioether (sulfide) groups is 1. The van der Waals surface area contributed by atoms with Gasteiger partial charge in [-0.3, -0.25) is 14.2 Å². The van der Waals surface area contributed by atoms with E-state index in [9.17, 15) is 9.59 Å². The molecular weight excluding hydrogens is 348 g/mol. The van der Waals surface area contributed by atoms with Crippen molar-refractivity contribution in [3.63, 3.8) is 0 Å². The highest BCUT2D eigenvalue weighted by Crippen LogP contribution is 2.22. The number of nitrogens with zero attached hydrogens (tertiary/aromatic N) is 4. The van der Waals surface area contributed by atoms with Crippen LogP contribution in [0.2, 0.25) is 0 Å². The van der Waals surface area contributed by atoms with Crippen LogP contribution >= 0.6 is 11.8 Å². The van der Waals surface area contributed by atoms with Crippen LogP contribution in [0.15, 0.2) is 46.3 Å². The number of hydrogen-bond acceptors (Lipinski definition) is 5. The fourth-order valence-electron chi connectivity index (χ4n) is 2.65. The lowest BCUT2D eigenvalue weighted by Crippen LogP contribution is -2.29. The molecule has 2 aromatic carbocycles. The van der Waals surface area contributed by atoms with Gasteiger partial charge in [0.25, 0.3) is 5.56 Å². The molecule has 0 saturated heterocycles. The second-order valence-corrected chi connectivity index (χ2v) is 6.93. The van der Waals surface area contributed by atoms with Crippen LogP contribution in [0.1, 0.15) is 6.42 Å². The molecule has 0 unspecified atom stereocenters. The van der Waals surface area contributed by atoms with Crippen molar-refractivity contribution in [3.8, 4) is 6.07 Å². The Bertz CT molecular complexity index is 1080. The van der Waals surface area contributed by atoms with Crippen LogP contribution in [0.5, 0.6) is 0 Å². The van der Waals surface area contributed by atoms with E-state index in [1.807, 2.05) is 42.5 Å². The number of nitriles is 1. The molecule has 0 fully saturated rings. The molecule has 0 bridgehead atoms. The molecule has 1 heterocycles. The highest BCUT2D eigenvalue weighted by Gasteiger charge is 2.14. The van der Waals surface area contributed by atoms with Gasteiger partial charge in [0.05, 0.1) is 29.1 Å². The zero-order valence-electron chi connectivity index (χ0n) is 14.6. The van der Waals surface area contributed by atoms with Crippen molar-refractivity contribution in [2.75, 3.05) is 19.3 Å². The number of carbonyl (C=O) groups excluding carboxylic acids is 1. The zero-order chi connectivity index (χ0) is 18.7. The van der Waals surface area contributed by atoms with Crippen molar-refractivity contribution in [2.45, 2.75) is 11.6 Å². The van der Waals surface area contributed by atoms with Gasteiger partial charge in [0, 0.05) is 20.6 Å². The van der Waals surface area contributed by atoms with Gasteiger partial charge in [-0.25, -0.2) is 4.98 Å². The van der Waals surface area contributed by atoms with E-state index in [1.54, 1.807) is 14.1 Å². The van der Waals surface area contributed by atoms with E-state index in [2.05, 4.69) is 4.98 Å². The summed E-state index contributed by atoms with van der Waals surface area (Å²) in [5.74, 6) is 0.0690. The molecule has 132 valence electrons. The maximum Gasteiger partial charge on any atom is 0.261 e. The summed E-state index contributed by atoms with van der Waals surface area (Å²) in [5.41, 5.74) is 0.494. The third-order valence-corrected chi connectivity index (χ3v) is 5.23. The van der Waals surface area contributed by atoms with Crippen LogP contribution in [0, 0.1) is 11.3 Å². The van der Waals surface area contributed by atoms with E-state index in [0.29, 0.717) is 29.0 Å². The minimum absolute atomic E-state index is 0.0990. The maximum atomic E-state index is 12.7. The van der Waals surface area contributed by atoms with Crippen molar-refractivity contribution < 1.29 is 4.79 Å². The summed E-state index contributed by atoms with van der Waals surface area (Å²) >= 11 is 1.23. The predicted octanol–water partition coefficient (Wildman–Crippen LogP) is 2.55. The van der Waals surface area contributed by atoms with Crippen molar-refractivity contribution in [2.24, 2.45) is 7.05 Å². The van der Waals surface area contributed by atoms with E-state index in [-0.39, 0.29) is 17.2 Å². The van der Waals surface area contributed by atoms with Crippen LogP contribution in [0.4, 0.5) is 0 Å². The quantitative estimate of drug-likeness (QED) is 0.394. The highest BCUT2D eigenvalue weighted by molar-refractivity contribution is 7.99. The minimum atomic E-state index is -0.131. The topological polar surface area (TPSA) is 79.0 Å². The Morgan fingerprint density at radius 2 is 2.00 bits per heavy atom. The van der Waals surface area contributed by atoms with Crippen LogP contribution in [-0.4, -0.2) is 39.7 Å². The number of hydrogen-bond donors (Lipinski definition) is 0. The summed E-state index contributed by atoms with van der Waals surface area (Å²) < 4.78 is 1.48. The number of carbonyl (C=O) groups is 1. The van der Waals surface area contributed by atoms with Crippen LogP contribution in [0.25, 0.3) is 21.7 Å². The number of fused-ring (bicyclic) bond motifs is 2. The Morgan fingerprint density at radius 3 is 2.69 bits per heavy atom. The van der Waals surface area contributed by atoms with E-state index in [0.717, 1.165) is 10.8 Å². The first kappa shape index (κ1) is 18.0. The smallest absolute Gasteiger partial charge is 0.261 e. The van der Waals surface area contributed by atoms with E-state index < -0.39 is 0 Å². The van der Waals surface area contributed by atoms with Crippen LogP contribution in [-0.2, 0) is 11.8 Å². The first-order chi connectivity index (χ1) is 12.5. The molecular formula is C19H18N4O2S. The fraction of sp³-hybridized carbons (Fsp3) is 0.263. The third-order valence-electron chi connectivity index (χ3n) is 4.21. The maximum absolute atomic E-state index is 12.7. The zero-order valence-corrected chi connectivity index (χ0v) is 15.4. The molecule has 1 aromatic heterocycles. The van der Waals surface area contributed by atoms with Gasteiger partial charge in [-0.05, 0) is 22.9 Å². The van der Waals surface area contributed by atoms with Gasteiger partial charge in [-0.1, -0.05) is 36.0 Å². The molecule has 6 nitrogen and oxygen atoms in total. The standard InChI is InChI=1S/C19H18N4O2S/c1-22(9-5-8-20)17(24)12-26-19-21-16-11-14-7-4-3-6-13(14)10-15(16)18(25)23(19)2/h3-4,6-7,10-11H,5,9,12H2,1-2H3. The van der Waals surface area contributed by atoms with Gasteiger partial charge in [0.15, 0.2) is 5.16 Å². The SMILES string of the molecule is CN(CCC#N)C(=O)CSc1nc2cc3ccccc3cc2c(=O)n1C. The van der Waals surface area contributed by atoms with Gasteiger partial charge in [-0.15, -0.1) is 0 Å². The highest BCUT2D eigenvalue weighted by atomic mass is 32.2. The summed E-state index contributed by atoms with van der Waals surface area (Å²) in [4.78, 5) is 30.9. The van der Waals surface area contributed by atoms with E-state index in [1.165, 1.54) is 21.2 Å². The summed E-state index contributed by atoms with van der Waals surface area (Å²) in [6.07, 6.45) is 0.298. The molecule has 0 aliphatic carbocycles. The monoisotopic (exact) mass is 366 g/mol. The summed E-state index contributed by atoms with van der Waals surface area (Å²) in [6.45, 7) is 0.395. The molecule has 0 spiro atoms. The second kappa shape index (κ2) is 7.58. The van der Waals surface area contributed by atoms with Gasteiger partial charge in [-0.2, -0.15) is 5.26 Å². The molecule has 0 aliphatic rings. The first-order valence-electron chi connectivity index (χ1n) is 8.14. The number of benzene rings is 2. The summed E-state index contributed by atoms with van der Waals surface area (Å²) in [7, 11) is 3.33. The van der Waals surface area contributed by atoms with Gasteiger partial charge >= 0.3 is 0 Å². The molecule has 1 amide bonds. The molecule has 7 heteroatoms. The van der Waals surface area contributed by atoms with E-state index in [4.69, 9.17) is 5.26 Å². The second-order valence-electron chi connectivity index (χ2n) is 5.99. The lowest BCUT2D eigenvalue weighted by atomic mass is 10.1. The normalized spacial score (nSPS) is 10.8. The van der Waals surface area contributed by atoms with Gasteiger partial charge in [0.1, 0.15) is 0 Å². The lowest BCUT2D eigenvalue weighted by Gasteiger charge is -2.15. The number of amides is 1. The van der Waals surface area contributed by atoms with E-state index >= 15 is 0 Å². The average molecular weight is 366 g/mol.